The number of nitrogens with zero attached hydrogens (tertiary/aromatic N) is 1. The molecule has 0 amide bonds. The van der Waals surface area contributed by atoms with Gasteiger partial charge in [-0.2, -0.15) is 8.42 Å². The highest BCUT2D eigenvalue weighted by atomic mass is 32.2. The summed E-state index contributed by atoms with van der Waals surface area (Å²) in [5.74, 6) is 0. The number of aliphatic hydroxyl groups excluding tert-OH is 2. The van der Waals surface area contributed by atoms with Crippen molar-refractivity contribution in [3.63, 3.8) is 0 Å². The summed E-state index contributed by atoms with van der Waals surface area (Å²) in [6, 6.07) is 10.1. The standard InChI is InChI=1S/C26H41NO5S/c1-3-5-7-9-13-21(28)19-27(20-22(29)14-10-8-6-4-2)25-17-18-26(33(30,31)32)24-16-12-11-15-23(24)25/h11-12,15-18,21-22,28-29H,3-10,13-14,19-20H2,1-2H3,(H,30,31,32). The minimum atomic E-state index is -4.37. The zero-order chi connectivity index (χ0) is 24.3. The summed E-state index contributed by atoms with van der Waals surface area (Å²) < 4.78 is 33.4. The predicted octanol–water partition coefficient (Wildman–Crippen LogP) is 5.56. The number of aliphatic hydroxyl groups is 2. The third-order valence-electron chi connectivity index (χ3n) is 6.12. The molecule has 0 aliphatic heterocycles. The lowest BCUT2D eigenvalue weighted by Crippen LogP contribution is -2.38. The van der Waals surface area contributed by atoms with Crippen LogP contribution in [0.1, 0.15) is 78.1 Å². The summed E-state index contributed by atoms with van der Waals surface area (Å²) in [6.07, 6.45) is 8.91. The quantitative estimate of drug-likeness (QED) is 0.215. The molecule has 0 aliphatic carbocycles. The Morgan fingerprint density at radius 2 is 1.27 bits per heavy atom. The maximum atomic E-state index is 11.9. The van der Waals surface area contributed by atoms with Gasteiger partial charge in [-0.3, -0.25) is 4.55 Å². The molecule has 0 radical (unpaired) electrons. The molecule has 2 aromatic rings. The number of benzene rings is 2. The fourth-order valence-electron chi connectivity index (χ4n) is 4.33. The van der Waals surface area contributed by atoms with Crippen LogP contribution in [0.25, 0.3) is 10.8 Å². The maximum absolute atomic E-state index is 11.9. The van der Waals surface area contributed by atoms with E-state index in [9.17, 15) is 23.2 Å². The summed E-state index contributed by atoms with van der Waals surface area (Å²) >= 11 is 0. The molecular weight excluding hydrogens is 438 g/mol. The smallest absolute Gasteiger partial charge is 0.295 e. The van der Waals surface area contributed by atoms with E-state index < -0.39 is 22.3 Å². The molecule has 0 saturated heterocycles. The zero-order valence-electron chi connectivity index (χ0n) is 20.1. The maximum Gasteiger partial charge on any atom is 0.295 e. The second-order valence-corrected chi connectivity index (χ2v) is 10.4. The first-order chi connectivity index (χ1) is 15.8. The normalized spacial score (nSPS) is 13.8. The molecule has 7 heteroatoms. The van der Waals surface area contributed by atoms with Crippen LogP contribution in [0.2, 0.25) is 0 Å². The number of unbranched alkanes of at least 4 members (excludes halogenated alkanes) is 6. The van der Waals surface area contributed by atoms with Gasteiger partial charge in [0, 0.05) is 29.5 Å². The Balaban J connectivity index is 2.29. The summed E-state index contributed by atoms with van der Waals surface area (Å²) in [6.45, 7) is 5.02. The van der Waals surface area contributed by atoms with Crippen LogP contribution in [0.3, 0.4) is 0 Å². The largest absolute Gasteiger partial charge is 0.391 e. The Morgan fingerprint density at radius 3 is 1.76 bits per heavy atom. The van der Waals surface area contributed by atoms with Crippen LogP contribution < -0.4 is 4.90 Å². The lowest BCUT2D eigenvalue weighted by Gasteiger charge is -2.31. The second-order valence-electron chi connectivity index (χ2n) is 9.01. The minimum Gasteiger partial charge on any atom is -0.391 e. The third-order valence-corrected chi connectivity index (χ3v) is 7.04. The van der Waals surface area contributed by atoms with Crippen molar-refractivity contribution in [2.45, 2.75) is 95.2 Å². The molecule has 0 heterocycles. The van der Waals surface area contributed by atoms with E-state index in [2.05, 4.69) is 13.8 Å². The van der Waals surface area contributed by atoms with Crippen molar-refractivity contribution < 1.29 is 23.2 Å². The first kappa shape index (κ1) is 27.6. The van der Waals surface area contributed by atoms with E-state index in [1.54, 1.807) is 18.2 Å². The van der Waals surface area contributed by atoms with Crippen LogP contribution in [-0.4, -0.2) is 48.5 Å². The molecule has 0 bridgehead atoms. The van der Waals surface area contributed by atoms with E-state index in [-0.39, 0.29) is 4.90 Å². The molecule has 33 heavy (non-hydrogen) atoms. The molecule has 186 valence electrons. The van der Waals surface area contributed by atoms with Crippen molar-refractivity contribution in [1.82, 2.24) is 0 Å². The Labute approximate surface area is 199 Å². The van der Waals surface area contributed by atoms with Crippen LogP contribution in [0.4, 0.5) is 5.69 Å². The van der Waals surface area contributed by atoms with Crippen molar-refractivity contribution in [1.29, 1.82) is 0 Å². The highest BCUT2D eigenvalue weighted by Gasteiger charge is 2.21. The van der Waals surface area contributed by atoms with Gasteiger partial charge in [0.1, 0.15) is 4.90 Å². The number of anilines is 1. The molecule has 2 unspecified atom stereocenters. The van der Waals surface area contributed by atoms with E-state index in [1.165, 1.54) is 6.07 Å². The van der Waals surface area contributed by atoms with Gasteiger partial charge in [-0.25, -0.2) is 0 Å². The van der Waals surface area contributed by atoms with Crippen molar-refractivity contribution in [3.8, 4) is 0 Å². The Kier molecular flexibility index (Phi) is 11.6. The molecule has 3 N–H and O–H groups in total. The number of hydrogen-bond donors (Lipinski definition) is 3. The van der Waals surface area contributed by atoms with Gasteiger partial charge in [0.05, 0.1) is 12.2 Å². The number of fused-ring (bicyclic) bond motifs is 1. The van der Waals surface area contributed by atoms with Gasteiger partial charge in [0.2, 0.25) is 0 Å². The average molecular weight is 480 g/mol. The SMILES string of the molecule is CCCCCCC(O)CN(CC(O)CCCCCC)c1ccc(S(=O)(=O)O)c2ccccc12. The van der Waals surface area contributed by atoms with Crippen LogP contribution >= 0.6 is 0 Å². The van der Waals surface area contributed by atoms with Gasteiger partial charge < -0.3 is 15.1 Å². The third kappa shape index (κ3) is 8.89. The average Bonchev–Trinajstić information content (AvgIpc) is 2.78. The van der Waals surface area contributed by atoms with Crippen LogP contribution in [0.5, 0.6) is 0 Å². The fourth-order valence-corrected chi connectivity index (χ4v) is 5.03. The minimum absolute atomic E-state index is 0.137. The molecular formula is C26H41NO5S. The molecule has 2 rings (SSSR count). The van der Waals surface area contributed by atoms with Gasteiger partial charge in [-0.05, 0) is 25.0 Å². The molecule has 0 spiro atoms. The fraction of sp³-hybridized carbons (Fsp3) is 0.615. The van der Waals surface area contributed by atoms with Gasteiger partial charge in [0.25, 0.3) is 10.1 Å². The lowest BCUT2D eigenvalue weighted by atomic mass is 10.0. The molecule has 0 aliphatic rings. The monoisotopic (exact) mass is 479 g/mol. The first-order valence-corrected chi connectivity index (χ1v) is 13.8. The molecule has 0 aromatic heterocycles. The molecule has 0 fully saturated rings. The summed E-state index contributed by atoms with van der Waals surface area (Å²) in [5.41, 5.74) is 0.748. The summed E-state index contributed by atoms with van der Waals surface area (Å²) in [7, 11) is -4.37. The van der Waals surface area contributed by atoms with Gasteiger partial charge in [0.15, 0.2) is 0 Å². The van der Waals surface area contributed by atoms with E-state index in [0.29, 0.717) is 36.7 Å². The number of hydrogen-bond acceptors (Lipinski definition) is 5. The highest BCUT2D eigenvalue weighted by molar-refractivity contribution is 7.86. The van der Waals surface area contributed by atoms with E-state index in [1.807, 2.05) is 17.0 Å². The van der Waals surface area contributed by atoms with Crippen molar-refractivity contribution in [2.24, 2.45) is 0 Å². The lowest BCUT2D eigenvalue weighted by molar-refractivity contribution is 0.145. The van der Waals surface area contributed by atoms with Crippen molar-refractivity contribution in [2.75, 3.05) is 18.0 Å². The Hall–Kier alpha value is -1.67. The first-order valence-electron chi connectivity index (χ1n) is 12.4. The van der Waals surface area contributed by atoms with Gasteiger partial charge >= 0.3 is 0 Å². The Bertz CT molecular complexity index is 927. The van der Waals surface area contributed by atoms with Crippen LogP contribution in [-0.2, 0) is 10.1 Å². The van der Waals surface area contributed by atoms with E-state index in [0.717, 1.165) is 57.1 Å². The molecule has 2 aromatic carbocycles. The van der Waals surface area contributed by atoms with Crippen LogP contribution in [0.15, 0.2) is 41.3 Å². The second kappa shape index (κ2) is 13.9. The molecule has 0 saturated carbocycles. The molecule has 6 nitrogen and oxygen atoms in total. The highest BCUT2D eigenvalue weighted by Crippen LogP contribution is 2.32. The predicted molar refractivity (Wildman–Crippen MR) is 136 cm³/mol. The van der Waals surface area contributed by atoms with Gasteiger partial charge in [-0.1, -0.05) is 89.5 Å². The zero-order valence-corrected chi connectivity index (χ0v) is 20.9. The summed E-state index contributed by atoms with van der Waals surface area (Å²) in [5, 5.41) is 22.6. The molecule has 2 atom stereocenters. The van der Waals surface area contributed by atoms with Crippen molar-refractivity contribution in [3.05, 3.63) is 36.4 Å². The van der Waals surface area contributed by atoms with Crippen LogP contribution in [0, 0.1) is 0 Å². The number of rotatable bonds is 16. The topological polar surface area (TPSA) is 98.1 Å². The van der Waals surface area contributed by atoms with Crippen molar-refractivity contribution >= 4 is 26.6 Å². The Morgan fingerprint density at radius 1 is 0.758 bits per heavy atom. The van der Waals surface area contributed by atoms with E-state index in [4.69, 9.17) is 0 Å². The summed E-state index contributed by atoms with van der Waals surface area (Å²) in [4.78, 5) is 1.83. The van der Waals surface area contributed by atoms with E-state index >= 15 is 0 Å². The van der Waals surface area contributed by atoms with Gasteiger partial charge in [-0.15, -0.1) is 0 Å².